The number of nitrogens with zero attached hydrogens (tertiary/aromatic N) is 2. The third kappa shape index (κ3) is 3.86. The fourth-order valence-corrected chi connectivity index (χ4v) is 7.17. The first-order chi connectivity index (χ1) is 21.5. The monoisotopic (exact) mass is 581 g/mol. The Morgan fingerprint density at radius 1 is 0.932 bits per heavy atom. The van der Waals surface area contributed by atoms with Gasteiger partial charge in [0.15, 0.2) is 18.2 Å². The molecule has 0 aliphatic carbocycles. The maximum Gasteiger partial charge on any atom is 0.238 e. The van der Waals surface area contributed by atoms with Crippen LogP contribution in [0.4, 0.5) is 5.69 Å². The van der Waals surface area contributed by atoms with Crippen LogP contribution in [0.15, 0.2) is 103 Å². The van der Waals surface area contributed by atoms with Gasteiger partial charge in [0.2, 0.25) is 5.91 Å². The van der Waals surface area contributed by atoms with E-state index in [1.54, 1.807) is 55.6 Å². The average Bonchev–Trinajstić information content (AvgIpc) is 3.55. The van der Waals surface area contributed by atoms with E-state index in [1.807, 2.05) is 71.8 Å². The lowest BCUT2D eigenvalue weighted by Gasteiger charge is -2.38. The van der Waals surface area contributed by atoms with Crippen LogP contribution in [0.1, 0.15) is 43.4 Å². The number of hydrogen-bond donors (Lipinski definition) is 1. The van der Waals surface area contributed by atoms with Gasteiger partial charge in [0.25, 0.3) is 0 Å². The number of rotatable bonds is 7. The Balaban J connectivity index is 1.51. The van der Waals surface area contributed by atoms with Crippen LogP contribution in [0, 0.1) is 17.2 Å². The number of carbonyl (C=O) groups excluding carboxylic acids is 3. The van der Waals surface area contributed by atoms with Crippen molar-refractivity contribution in [3.63, 3.8) is 0 Å². The van der Waals surface area contributed by atoms with E-state index in [-0.39, 0.29) is 35.4 Å². The second-order valence-electron chi connectivity index (χ2n) is 11.0. The predicted molar refractivity (Wildman–Crippen MR) is 163 cm³/mol. The summed E-state index contributed by atoms with van der Waals surface area (Å²) in [6.07, 6.45) is 3.74. The molecule has 216 valence electrons. The minimum absolute atomic E-state index is 0.232. The van der Waals surface area contributed by atoms with Crippen molar-refractivity contribution < 1.29 is 23.9 Å². The molecule has 44 heavy (non-hydrogen) atoms. The molecule has 1 N–H and O–H groups in total. The summed E-state index contributed by atoms with van der Waals surface area (Å²) >= 11 is 0. The average molecular weight is 582 g/mol. The van der Waals surface area contributed by atoms with Crippen molar-refractivity contribution >= 4 is 29.2 Å². The summed E-state index contributed by atoms with van der Waals surface area (Å²) in [5.41, 5.74) is 2.18. The van der Waals surface area contributed by atoms with Crippen LogP contribution < -0.4 is 14.8 Å². The second-order valence-corrected chi connectivity index (χ2v) is 11.0. The number of nitriles is 1. The van der Waals surface area contributed by atoms with E-state index in [0.29, 0.717) is 22.6 Å². The summed E-state index contributed by atoms with van der Waals surface area (Å²) in [6, 6.07) is 28.8. The number of carbonyl (C=O) groups is 3. The minimum Gasteiger partial charge on any atom is -0.497 e. The van der Waals surface area contributed by atoms with Crippen LogP contribution in [0.3, 0.4) is 0 Å². The Morgan fingerprint density at radius 2 is 1.66 bits per heavy atom. The zero-order chi connectivity index (χ0) is 30.4. The molecule has 7 rings (SSSR count). The normalized spacial score (nSPS) is 22.4. The number of para-hydroxylation sites is 2. The molecule has 1 amide bonds. The summed E-state index contributed by atoms with van der Waals surface area (Å²) in [5, 5.41) is 12.2. The van der Waals surface area contributed by atoms with Crippen molar-refractivity contribution in [2.24, 2.45) is 5.92 Å². The molecule has 0 radical (unpaired) electrons. The first-order valence-electron chi connectivity index (χ1n) is 14.3. The Morgan fingerprint density at radius 3 is 2.45 bits per heavy atom. The van der Waals surface area contributed by atoms with Gasteiger partial charge in [-0.15, -0.1) is 0 Å². The van der Waals surface area contributed by atoms with Gasteiger partial charge in [0.1, 0.15) is 29.0 Å². The second kappa shape index (κ2) is 10.5. The van der Waals surface area contributed by atoms with Crippen molar-refractivity contribution in [1.82, 2.24) is 4.90 Å². The Bertz CT molecular complexity index is 1890. The van der Waals surface area contributed by atoms with Crippen molar-refractivity contribution in [2.75, 3.05) is 19.0 Å². The molecular weight excluding hydrogens is 554 g/mol. The standard InChI is InChI=1S/C36H27N3O5/c1-43-24-16-14-23(15-17-24)32(40)30-31(33(41)26-10-4-7-13-29(26)44-21-19-37)39-20-18-22-8-2-3-9-25(22)34(39)36(30)27-11-5-6-12-28(27)38-35(36)42/h2-18,20,30-31,34H,21H2,1H3,(H,38,42)/t30-,31+,34+,36-/m0/s1. The summed E-state index contributed by atoms with van der Waals surface area (Å²) in [5.74, 6) is -1.36. The lowest BCUT2D eigenvalue weighted by Crippen LogP contribution is -2.49. The van der Waals surface area contributed by atoms with E-state index < -0.39 is 23.4 Å². The van der Waals surface area contributed by atoms with Crippen LogP contribution in [0.2, 0.25) is 0 Å². The molecule has 1 saturated heterocycles. The smallest absolute Gasteiger partial charge is 0.238 e. The number of ether oxygens (including phenoxy) is 2. The van der Waals surface area contributed by atoms with Gasteiger partial charge in [-0.3, -0.25) is 14.4 Å². The maximum absolute atomic E-state index is 14.9. The molecule has 1 spiro atoms. The molecule has 8 heteroatoms. The summed E-state index contributed by atoms with van der Waals surface area (Å²) < 4.78 is 11.0. The van der Waals surface area contributed by atoms with Gasteiger partial charge in [0, 0.05) is 17.5 Å². The Hall–Kier alpha value is -5.68. The molecule has 3 heterocycles. The van der Waals surface area contributed by atoms with Gasteiger partial charge in [-0.1, -0.05) is 54.6 Å². The molecule has 3 aliphatic heterocycles. The van der Waals surface area contributed by atoms with Gasteiger partial charge < -0.3 is 19.7 Å². The lowest BCUT2D eigenvalue weighted by atomic mass is 9.62. The van der Waals surface area contributed by atoms with Gasteiger partial charge in [-0.2, -0.15) is 5.26 Å². The zero-order valence-electron chi connectivity index (χ0n) is 23.8. The fourth-order valence-electron chi connectivity index (χ4n) is 7.17. The number of methoxy groups -OCH3 is 1. The van der Waals surface area contributed by atoms with E-state index >= 15 is 0 Å². The Kier molecular flexibility index (Phi) is 6.51. The van der Waals surface area contributed by atoms with Gasteiger partial charge in [0.05, 0.1) is 24.6 Å². The molecule has 4 aromatic carbocycles. The molecule has 0 aromatic heterocycles. The molecule has 4 aromatic rings. The SMILES string of the molecule is COc1ccc(C(=O)[C@@H]2[C@H](C(=O)c3ccccc3OCC#N)N3C=Cc4ccccc4[C@@H]3[C@@]23C(=O)Nc2ccccc23)cc1. The lowest BCUT2D eigenvalue weighted by molar-refractivity contribution is -0.122. The maximum atomic E-state index is 14.9. The number of Topliss-reactive ketones (excluding diaryl/α,β-unsaturated/α-hetero) is 2. The fraction of sp³-hybridized carbons (Fsp3) is 0.167. The topological polar surface area (TPSA) is 109 Å². The van der Waals surface area contributed by atoms with Crippen LogP contribution >= 0.6 is 0 Å². The molecule has 8 nitrogen and oxygen atoms in total. The third-order valence-corrected chi connectivity index (χ3v) is 8.94. The van der Waals surface area contributed by atoms with Crippen LogP contribution in [-0.2, 0) is 10.2 Å². The first-order valence-corrected chi connectivity index (χ1v) is 14.3. The van der Waals surface area contributed by atoms with Crippen LogP contribution in [-0.4, -0.2) is 42.1 Å². The zero-order valence-corrected chi connectivity index (χ0v) is 23.8. The van der Waals surface area contributed by atoms with Gasteiger partial charge >= 0.3 is 0 Å². The summed E-state index contributed by atoms with van der Waals surface area (Å²) in [7, 11) is 1.55. The first kappa shape index (κ1) is 27.2. The van der Waals surface area contributed by atoms with Crippen LogP contribution in [0.5, 0.6) is 11.5 Å². The highest BCUT2D eigenvalue weighted by molar-refractivity contribution is 6.17. The highest BCUT2D eigenvalue weighted by atomic mass is 16.5. The molecule has 1 fully saturated rings. The molecular formula is C36H27N3O5. The summed E-state index contributed by atoms with van der Waals surface area (Å²) in [4.78, 5) is 46.2. The van der Waals surface area contributed by atoms with Crippen molar-refractivity contribution in [3.8, 4) is 17.6 Å². The molecule has 0 bridgehead atoms. The number of nitrogens with one attached hydrogen (secondary N) is 1. The van der Waals surface area contributed by atoms with E-state index in [0.717, 1.165) is 11.1 Å². The Labute approximate surface area is 254 Å². The highest BCUT2D eigenvalue weighted by Gasteiger charge is 2.70. The largest absolute Gasteiger partial charge is 0.497 e. The number of anilines is 1. The van der Waals surface area contributed by atoms with Crippen molar-refractivity contribution in [2.45, 2.75) is 17.5 Å². The van der Waals surface area contributed by atoms with E-state index in [1.165, 1.54) is 0 Å². The summed E-state index contributed by atoms with van der Waals surface area (Å²) in [6.45, 7) is -0.248. The van der Waals surface area contributed by atoms with Crippen molar-refractivity contribution in [3.05, 3.63) is 131 Å². The molecule has 4 atom stereocenters. The van der Waals surface area contributed by atoms with Gasteiger partial charge in [-0.25, -0.2) is 0 Å². The number of ketones is 2. The predicted octanol–water partition coefficient (Wildman–Crippen LogP) is 5.58. The quantitative estimate of drug-likeness (QED) is 0.284. The number of benzene rings is 4. The highest BCUT2D eigenvalue weighted by Crippen LogP contribution is 2.62. The van der Waals surface area contributed by atoms with E-state index in [4.69, 9.17) is 9.47 Å². The third-order valence-electron chi connectivity index (χ3n) is 8.94. The van der Waals surface area contributed by atoms with Crippen LogP contribution in [0.25, 0.3) is 6.08 Å². The molecule has 3 aliphatic rings. The van der Waals surface area contributed by atoms with E-state index in [9.17, 15) is 19.6 Å². The minimum atomic E-state index is -1.45. The number of hydrogen-bond acceptors (Lipinski definition) is 7. The molecule has 0 unspecified atom stereocenters. The van der Waals surface area contributed by atoms with E-state index in [2.05, 4.69) is 5.32 Å². The van der Waals surface area contributed by atoms with Gasteiger partial charge in [-0.05, 0) is 65.2 Å². The number of amides is 1. The molecule has 0 saturated carbocycles. The number of fused-ring (bicyclic) bond motifs is 6. The van der Waals surface area contributed by atoms with Crippen molar-refractivity contribution in [1.29, 1.82) is 5.26 Å².